The molecular formula is C19H20N4O4S2. The van der Waals surface area contributed by atoms with Gasteiger partial charge in [-0.1, -0.05) is 0 Å². The van der Waals surface area contributed by atoms with Crippen LogP contribution in [0.1, 0.15) is 20.6 Å². The first-order chi connectivity index (χ1) is 13.9. The molecule has 1 atom stereocenters. The molecule has 0 aliphatic heterocycles. The number of nitrogens with two attached hydrogens (primary N) is 1. The third kappa shape index (κ3) is 5.39. The Bertz CT molecular complexity index is 1070. The summed E-state index contributed by atoms with van der Waals surface area (Å²) in [6.07, 6.45) is 3.17. The quantitative estimate of drug-likeness (QED) is 0.502. The number of benzene rings is 1. The summed E-state index contributed by atoms with van der Waals surface area (Å²) in [7, 11) is -2.20. The normalized spacial score (nSPS) is 12.3. The fraction of sp³-hybridized carbons (Fsp3) is 0.158. The van der Waals surface area contributed by atoms with E-state index < -0.39 is 16.1 Å². The third-order valence-corrected chi connectivity index (χ3v) is 6.67. The topological polar surface area (TPSA) is 123 Å². The van der Waals surface area contributed by atoms with Gasteiger partial charge < -0.3 is 15.8 Å². The van der Waals surface area contributed by atoms with Crippen molar-refractivity contribution >= 4 is 33.0 Å². The van der Waals surface area contributed by atoms with Crippen LogP contribution in [0.5, 0.6) is 5.75 Å². The molecule has 0 saturated carbocycles. The Labute approximate surface area is 172 Å². The highest BCUT2D eigenvalue weighted by Crippen LogP contribution is 2.23. The number of sulfonamides is 1. The molecule has 0 aliphatic carbocycles. The van der Waals surface area contributed by atoms with Crippen LogP contribution in [-0.2, 0) is 10.0 Å². The number of anilines is 1. The molecule has 0 radical (unpaired) electrons. The lowest BCUT2D eigenvalue weighted by Crippen LogP contribution is -2.31. The van der Waals surface area contributed by atoms with Crippen molar-refractivity contribution in [1.82, 2.24) is 9.71 Å². The highest BCUT2D eigenvalue weighted by molar-refractivity contribution is 7.89. The number of nitrogens with zero attached hydrogens (tertiary/aromatic N) is 1. The molecule has 3 rings (SSSR count). The summed E-state index contributed by atoms with van der Waals surface area (Å²) in [5, 5.41) is 2.77. The van der Waals surface area contributed by atoms with Crippen LogP contribution in [0.4, 0.5) is 5.69 Å². The highest BCUT2D eigenvalue weighted by atomic mass is 32.2. The summed E-state index contributed by atoms with van der Waals surface area (Å²) < 4.78 is 32.3. The van der Waals surface area contributed by atoms with Gasteiger partial charge in [0.05, 0.1) is 22.9 Å². The first-order valence-corrected chi connectivity index (χ1v) is 10.9. The number of ether oxygens (including phenoxy) is 1. The smallest absolute Gasteiger partial charge is 0.265 e. The predicted molar refractivity (Wildman–Crippen MR) is 112 cm³/mol. The Morgan fingerprint density at radius 1 is 1.14 bits per heavy atom. The average Bonchev–Trinajstić information content (AvgIpc) is 3.23. The molecule has 0 bridgehead atoms. The molecule has 0 fully saturated rings. The lowest BCUT2D eigenvalue weighted by Gasteiger charge is -2.12. The van der Waals surface area contributed by atoms with E-state index in [2.05, 4.69) is 15.0 Å². The van der Waals surface area contributed by atoms with Crippen LogP contribution in [0, 0.1) is 0 Å². The van der Waals surface area contributed by atoms with Crippen LogP contribution >= 0.6 is 11.3 Å². The van der Waals surface area contributed by atoms with Crippen molar-refractivity contribution in [3.63, 3.8) is 0 Å². The summed E-state index contributed by atoms with van der Waals surface area (Å²) in [5.74, 6) is 0.301. The molecule has 152 valence electrons. The van der Waals surface area contributed by atoms with Crippen LogP contribution in [-0.4, -0.2) is 33.0 Å². The van der Waals surface area contributed by atoms with Gasteiger partial charge in [-0.2, -0.15) is 0 Å². The zero-order chi connectivity index (χ0) is 20.9. The van der Waals surface area contributed by atoms with E-state index in [1.807, 2.05) is 0 Å². The summed E-state index contributed by atoms with van der Waals surface area (Å²) in [6.45, 7) is 0.000287. The van der Waals surface area contributed by atoms with Crippen LogP contribution in [0.2, 0.25) is 0 Å². The number of thiophene rings is 1. The number of aromatic nitrogens is 1. The Morgan fingerprint density at radius 2 is 1.83 bits per heavy atom. The summed E-state index contributed by atoms with van der Waals surface area (Å²) in [6, 6.07) is 12.2. The maximum absolute atomic E-state index is 12.4. The van der Waals surface area contributed by atoms with E-state index in [1.165, 1.54) is 30.6 Å². The third-order valence-electron chi connectivity index (χ3n) is 4.02. The largest absolute Gasteiger partial charge is 0.497 e. The van der Waals surface area contributed by atoms with Crippen LogP contribution in [0.25, 0.3) is 0 Å². The number of methoxy groups -OCH3 is 1. The number of carbonyl (C=O) groups is 1. The van der Waals surface area contributed by atoms with E-state index in [0.717, 1.165) is 0 Å². The fourth-order valence-electron chi connectivity index (χ4n) is 2.44. The number of hydrogen-bond acceptors (Lipinski definition) is 7. The van der Waals surface area contributed by atoms with Gasteiger partial charge in [0.2, 0.25) is 10.0 Å². The first kappa shape index (κ1) is 20.9. The number of hydrogen-bond donors (Lipinski definition) is 3. The molecule has 3 aromatic rings. The first-order valence-electron chi connectivity index (χ1n) is 8.59. The van der Waals surface area contributed by atoms with Gasteiger partial charge in [0.15, 0.2) is 0 Å². The molecule has 0 spiro atoms. The summed E-state index contributed by atoms with van der Waals surface area (Å²) >= 11 is 1.22. The SMILES string of the molecule is COc1ccc(S(=O)(=O)NCC(N)c2ccc(C(=O)Nc3ccncc3)s2)cc1. The predicted octanol–water partition coefficient (Wildman–Crippen LogP) is 2.38. The molecular weight excluding hydrogens is 412 g/mol. The molecule has 8 nitrogen and oxygen atoms in total. The van der Waals surface area contributed by atoms with E-state index in [1.54, 1.807) is 48.8 Å². The van der Waals surface area contributed by atoms with Crippen LogP contribution < -0.4 is 20.5 Å². The average molecular weight is 433 g/mol. The molecule has 0 saturated heterocycles. The molecule has 2 aromatic heterocycles. The Morgan fingerprint density at radius 3 is 2.48 bits per heavy atom. The van der Waals surface area contributed by atoms with Crippen LogP contribution in [0.3, 0.4) is 0 Å². The Kier molecular flexibility index (Phi) is 6.60. The fourth-order valence-corrected chi connectivity index (χ4v) is 4.40. The van der Waals surface area contributed by atoms with Gasteiger partial charge in [0.1, 0.15) is 5.75 Å². The lowest BCUT2D eigenvalue weighted by atomic mass is 10.2. The molecule has 4 N–H and O–H groups in total. The van der Waals surface area contributed by atoms with E-state index >= 15 is 0 Å². The van der Waals surface area contributed by atoms with Gasteiger partial charge in [-0.25, -0.2) is 13.1 Å². The number of carbonyl (C=O) groups excluding carboxylic acids is 1. The number of rotatable bonds is 8. The van der Waals surface area contributed by atoms with Crippen molar-refractivity contribution in [3.8, 4) is 5.75 Å². The van der Waals surface area contributed by atoms with Gasteiger partial charge in [-0.05, 0) is 48.5 Å². The van der Waals surface area contributed by atoms with E-state index in [-0.39, 0.29) is 17.3 Å². The van der Waals surface area contributed by atoms with Crippen LogP contribution in [0.15, 0.2) is 65.8 Å². The second-order valence-corrected chi connectivity index (χ2v) is 8.91. The maximum atomic E-state index is 12.4. The molecule has 1 unspecified atom stereocenters. The number of nitrogens with one attached hydrogen (secondary N) is 2. The van der Waals surface area contributed by atoms with E-state index in [4.69, 9.17) is 10.5 Å². The lowest BCUT2D eigenvalue weighted by molar-refractivity contribution is 0.103. The van der Waals surface area contributed by atoms with Gasteiger partial charge in [-0.15, -0.1) is 11.3 Å². The molecule has 1 amide bonds. The Balaban J connectivity index is 1.60. The van der Waals surface area contributed by atoms with Crippen molar-refractivity contribution in [1.29, 1.82) is 0 Å². The van der Waals surface area contributed by atoms with E-state index in [0.29, 0.717) is 21.2 Å². The molecule has 1 aromatic carbocycles. The monoisotopic (exact) mass is 432 g/mol. The number of pyridine rings is 1. The van der Waals surface area contributed by atoms with Crippen molar-refractivity contribution in [3.05, 3.63) is 70.7 Å². The van der Waals surface area contributed by atoms with Gasteiger partial charge in [0.25, 0.3) is 5.91 Å². The van der Waals surface area contributed by atoms with Gasteiger partial charge in [0, 0.05) is 29.5 Å². The minimum absolute atomic E-state index is 0.000287. The van der Waals surface area contributed by atoms with Gasteiger partial charge in [-0.3, -0.25) is 9.78 Å². The Hall–Kier alpha value is -2.79. The second-order valence-electron chi connectivity index (χ2n) is 6.03. The van der Waals surface area contributed by atoms with Crippen molar-refractivity contribution in [2.45, 2.75) is 10.9 Å². The zero-order valence-electron chi connectivity index (χ0n) is 15.5. The van der Waals surface area contributed by atoms with Crippen molar-refractivity contribution in [2.24, 2.45) is 5.73 Å². The molecule has 10 heteroatoms. The van der Waals surface area contributed by atoms with Gasteiger partial charge >= 0.3 is 0 Å². The molecule has 29 heavy (non-hydrogen) atoms. The second kappa shape index (κ2) is 9.14. The van der Waals surface area contributed by atoms with E-state index in [9.17, 15) is 13.2 Å². The minimum Gasteiger partial charge on any atom is -0.497 e. The zero-order valence-corrected chi connectivity index (χ0v) is 17.2. The summed E-state index contributed by atoms with van der Waals surface area (Å²) in [5.41, 5.74) is 6.75. The standard InChI is InChI=1S/C19H20N4O4S2/c1-27-14-2-4-15(5-3-14)29(25,26)22-12-16(20)17-6-7-18(28-17)19(24)23-13-8-10-21-11-9-13/h2-11,16,22H,12,20H2,1H3,(H,21,23,24). The minimum atomic E-state index is -3.70. The highest BCUT2D eigenvalue weighted by Gasteiger charge is 2.18. The summed E-state index contributed by atoms with van der Waals surface area (Å²) in [4.78, 5) is 17.5. The van der Waals surface area contributed by atoms with Crippen molar-refractivity contribution in [2.75, 3.05) is 19.0 Å². The maximum Gasteiger partial charge on any atom is 0.265 e. The number of amides is 1. The van der Waals surface area contributed by atoms with Crippen molar-refractivity contribution < 1.29 is 17.9 Å². The molecule has 0 aliphatic rings. The molecule has 2 heterocycles.